The van der Waals surface area contributed by atoms with Crippen molar-refractivity contribution in [1.82, 2.24) is 25.1 Å². The standard InChI is InChI=1S/C22H30N6O3/c1-15-4-5-18(31-15)13-28-7-6-23-22(30)19(28)12-20(29)26-8-10-27(11-9-26)21-16(2)17(3)24-14-25-21/h4-5,14,19H,6-13H2,1-3H3,(H,23,30)/t19-/m0/s1. The number of aromatic nitrogens is 2. The maximum absolute atomic E-state index is 13.0. The van der Waals surface area contributed by atoms with Crippen LogP contribution in [0.15, 0.2) is 22.9 Å². The minimum atomic E-state index is -0.476. The quantitative estimate of drug-likeness (QED) is 0.763. The van der Waals surface area contributed by atoms with E-state index in [-0.39, 0.29) is 18.2 Å². The molecule has 2 aromatic rings. The van der Waals surface area contributed by atoms with Gasteiger partial charge < -0.3 is 19.5 Å². The van der Waals surface area contributed by atoms with Crippen LogP contribution in [0.1, 0.15) is 29.2 Å². The fourth-order valence-corrected chi connectivity index (χ4v) is 4.25. The van der Waals surface area contributed by atoms with Crippen LogP contribution in [-0.4, -0.2) is 76.9 Å². The molecule has 31 heavy (non-hydrogen) atoms. The Morgan fingerprint density at radius 2 is 1.90 bits per heavy atom. The highest BCUT2D eigenvalue weighted by molar-refractivity contribution is 5.89. The minimum absolute atomic E-state index is 0.0120. The molecule has 9 heteroatoms. The Morgan fingerprint density at radius 3 is 2.61 bits per heavy atom. The van der Waals surface area contributed by atoms with E-state index in [9.17, 15) is 9.59 Å². The van der Waals surface area contributed by atoms with Crippen LogP contribution in [0.2, 0.25) is 0 Å². The number of hydrogen-bond acceptors (Lipinski definition) is 7. The molecule has 4 rings (SSSR count). The summed E-state index contributed by atoms with van der Waals surface area (Å²) in [6.45, 7) is 10.4. The molecular weight excluding hydrogens is 396 g/mol. The lowest BCUT2D eigenvalue weighted by atomic mass is 10.1. The van der Waals surface area contributed by atoms with Gasteiger partial charge in [0.05, 0.1) is 19.0 Å². The zero-order valence-corrected chi connectivity index (χ0v) is 18.4. The molecule has 0 aromatic carbocycles. The molecular formula is C22H30N6O3. The number of nitrogens with one attached hydrogen (secondary N) is 1. The van der Waals surface area contributed by atoms with E-state index < -0.39 is 6.04 Å². The van der Waals surface area contributed by atoms with E-state index in [1.165, 1.54) is 0 Å². The first-order valence-corrected chi connectivity index (χ1v) is 10.8. The average molecular weight is 427 g/mol. The van der Waals surface area contributed by atoms with Gasteiger partial charge in [-0.05, 0) is 32.9 Å². The molecule has 2 saturated heterocycles. The first kappa shape index (κ1) is 21.3. The Kier molecular flexibility index (Phi) is 6.22. The van der Waals surface area contributed by atoms with Gasteiger partial charge in [0.1, 0.15) is 23.7 Å². The summed E-state index contributed by atoms with van der Waals surface area (Å²) in [7, 11) is 0. The molecule has 1 atom stereocenters. The summed E-state index contributed by atoms with van der Waals surface area (Å²) in [6, 6.07) is 3.37. The maximum Gasteiger partial charge on any atom is 0.237 e. The van der Waals surface area contributed by atoms with E-state index in [2.05, 4.69) is 20.2 Å². The summed E-state index contributed by atoms with van der Waals surface area (Å²) < 4.78 is 5.68. The highest BCUT2D eigenvalue weighted by Gasteiger charge is 2.34. The zero-order valence-electron chi connectivity index (χ0n) is 18.4. The highest BCUT2D eigenvalue weighted by Crippen LogP contribution is 2.21. The SMILES string of the molecule is Cc1ccc(CN2CCNC(=O)[C@@H]2CC(=O)N2CCN(c3ncnc(C)c3C)CC2)o1. The maximum atomic E-state index is 13.0. The molecule has 166 valence electrons. The topological polar surface area (TPSA) is 94.8 Å². The number of carbonyl (C=O) groups is 2. The first-order valence-electron chi connectivity index (χ1n) is 10.8. The van der Waals surface area contributed by atoms with Crippen molar-refractivity contribution >= 4 is 17.6 Å². The van der Waals surface area contributed by atoms with Crippen LogP contribution in [0.3, 0.4) is 0 Å². The van der Waals surface area contributed by atoms with Crippen LogP contribution in [0.4, 0.5) is 5.82 Å². The number of nitrogens with zero attached hydrogens (tertiary/aromatic N) is 5. The van der Waals surface area contributed by atoms with Crippen LogP contribution in [0.5, 0.6) is 0 Å². The second-order valence-corrected chi connectivity index (χ2v) is 8.27. The summed E-state index contributed by atoms with van der Waals surface area (Å²) in [5, 5.41) is 2.90. The first-order chi connectivity index (χ1) is 14.9. The van der Waals surface area contributed by atoms with Gasteiger partial charge in [0.25, 0.3) is 0 Å². The van der Waals surface area contributed by atoms with Gasteiger partial charge in [-0.15, -0.1) is 0 Å². The number of furan rings is 1. The van der Waals surface area contributed by atoms with Crippen molar-refractivity contribution in [3.63, 3.8) is 0 Å². The molecule has 4 heterocycles. The Labute approximate surface area is 182 Å². The van der Waals surface area contributed by atoms with Gasteiger partial charge in [-0.3, -0.25) is 14.5 Å². The molecule has 0 saturated carbocycles. The fraction of sp³-hybridized carbons (Fsp3) is 0.545. The van der Waals surface area contributed by atoms with Crippen LogP contribution in [-0.2, 0) is 16.1 Å². The zero-order chi connectivity index (χ0) is 22.0. The number of piperazine rings is 2. The number of rotatable bonds is 5. The molecule has 0 aliphatic carbocycles. The van der Waals surface area contributed by atoms with Crippen molar-refractivity contribution < 1.29 is 14.0 Å². The molecule has 2 fully saturated rings. The number of hydrogen-bond donors (Lipinski definition) is 1. The summed E-state index contributed by atoms with van der Waals surface area (Å²) >= 11 is 0. The molecule has 0 spiro atoms. The van der Waals surface area contributed by atoms with Crippen LogP contribution in [0.25, 0.3) is 0 Å². The van der Waals surface area contributed by atoms with Gasteiger partial charge in [0, 0.05) is 50.5 Å². The average Bonchev–Trinajstić information content (AvgIpc) is 3.17. The third-order valence-corrected chi connectivity index (χ3v) is 6.21. The second kappa shape index (κ2) is 9.05. The van der Waals surface area contributed by atoms with Crippen molar-refractivity contribution in [3.8, 4) is 0 Å². The smallest absolute Gasteiger partial charge is 0.237 e. The van der Waals surface area contributed by atoms with Gasteiger partial charge in [0.2, 0.25) is 11.8 Å². The third kappa shape index (κ3) is 4.71. The molecule has 2 aromatic heterocycles. The molecule has 0 unspecified atom stereocenters. The Balaban J connectivity index is 1.36. The Bertz CT molecular complexity index is 950. The summed E-state index contributed by atoms with van der Waals surface area (Å²) in [4.78, 5) is 40.3. The van der Waals surface area contributed by atoms with Crippen molar-refractivity contribution in [2.45, 2.75) is 39.8 Å². The van der Waals surface area contributed by atoms with Crippen molar-refractivity contribution in [2.75, 3.05) is 44.2 Å². The van der Waals surface area contributed by atoms with Gasteiger partial charge in [0.15, 0.2) is 0 Å². The Hall–Kier alpha value is -2.94. The number of anilines is 1. The molecule has 2 amide bonds. The largest absolute Gasteiger partial charge is 0.465 e. The predicted octanol–water partition coefficient (Wildman–Crippen LogP) is 1.03. The van der Waals surface area contributed by atoms with Gasteiger partial charge in [-0.25, -0.2) is 9.97 Å². The number of carbonyl (C=O) groups excluding carboxylic acids is 2. The van der Waals surface area contributed by atoms with E-state index in [1.807, 2.05) is 42.7 Å². The second-order valence-electron chi connectivity index (χ2n) is 8.27. The van der Waals surface area contributed by atoms with Crippen molar-refractivity contribution in [2.24, 2.45) is 0 Å². The van der Waals surface area contributed by atoms with Crippen LogP contribution in [0, 0.1) is 20.8 Å². The van der Waals surface area contributed by atoms with Gasteiger partial charge in [-0.2, -0.15) is 0 Å². The van der Waals surface area contributed by atoms with Gasteiger partial charge in [-0.1, -0.05) is 0 Å². The Morgan fingerprint density at radius 1 is 1.13 bits per heavy atom. The normalized spacial score (nSPS) is 20.1. The van der Waals surface area contributed by atoms with Crippen LogP contribution < -0.4 is 10.2 Å². The lowest BCUT2D eigenvalue weighted by Crippen LogP contribution is -2.57. The van der Waals surface area contributed by atoms with E-state index in [4.69, 9.17) is 4.42 Å². The summed E-state index contributed by atoms with van der Waals surface area (Å²) in [5.41, 5.74) is 2.05. The van der Waals surface area contributed by atoms with E-state index >= 15 is 0 Å². The lowest BCUT2D eigenvalue weighted by molar-refractivity contribution is -0.139. The third-order valence-electron chi connectivity index (χ3n) is 6.21. The molecule has 9 nitrogen and oxygen atoms in total. The molecule has 0 bridgehead atoms. The summed E-state index contributed by atoms with van der Waals surface area (Å²) in [6.07, 6.45) is 1.77. The molecule has 2 aliphatic rings. The van der Waals surface area contributed by atoms with Gasteiger partial charge >= 0.3 is 0 Å². The summed E-state index contributed by atoms with van der Waals surface area (Å²) in [5.74, 6) is 2.52. The number of amides is 2. The van der Waals surface area contributed by atoms with E-state index in [0.29, 0.717) is 32.7 Å². The predicted molar refractivity (Wildman–Crippen MR) is 116 cm³/mol. The fourth-order valence-electron chi connectivity index (χ4n) is 4.25. The van der Waals surface area contributed by atoms with E-state index in [0.717, 1.165) is 41.7 Å². The molecule has 2 aliphatic heterocycles. The monoisotopic (exact) mass is 426 g/mol. The minimum Gasteiger partial charge on any atom is -0.465 e. The molecule has 0 radical (unpaired) electrons. The number of aryl methyl sites for hydroxylation is 2. The van der Waals surface area contributed by atoms with E-state index in [1.54, 1.807) is 6.33 Å². The highest BCUT2D eigenvalue weighted by atomic mass is 16.3. The van der Waals surface area contributed by atoms with Crippen LogP contribution >= 0.6 is 0 Å². The molecule has 1 N–H and O–H groups in total. The lowest BCUT2D eigenvalue weighted by Gasteiger charge is -2.38. The van der Waals surface area contributed by atoms with Crippen molar-refractivity contribution in [1.29, 1.82) is 0 Å². The van der Waals surface area contributed by atoms with Crippen molar-refractivity contribution in [3.05, 3.63) is 41.2 Å².